The summed E-state index contributed by atoms with van der Waals surface area (Å²) in [4.78, 5) is 13.0. The molecule has 0 saturated carbocycles. The van der Waals surface area contributed by atoms with E-state index >= 15 is 0 Å². The van der Waals surface area contributed by atoms with E-state index in [1.165, 1.54) is 126 Å². The van der Waals surface area contributed by atoms with Crippen LogP contribution in [0.5, 0.6) is 0 Å². The predicted octanol–water partition coefficient (Wildman–Crippen LogP) is 8.53. The van der Waals surface area contributed by atoms with Gasteiger partial charge in [0.05, 0.1) is 35.3 Å². The van der Waals surface area contributed by atoms with Crippen LogP contribution >= 0.6 is 0 Å². The Morgan fingerprint density at radius 2 is 0.775 bits per heavy atom. The number of nitrogens with zero attached hydrogens (tertiary/aromatic N) is 7. The molecule has 4 aromatic carbocycles. The van der Waals surface area contributed by atoms with E-state index in [1.807, 2.05) is 12.1 Å². The minimum atomic E-state index is -4.15. The van der Waals surface area contributed by atoms with Crippen molar-refractivity contribution >= 4 is 73.2 Å². The van der Waals surface area contributed by atoms with Crippen molar-refractivity contribution < 1.29 is 82.9 Å². The summed E-state index contributed by atoms with van der Waals surface area (Å²) in [5, 5.41) is 37.5. The molecular formula is C42H64B2N8NaO14S4+3. The number of rotatable bonds is 15. The Morgan fingerprint density at radius 3 is 1.00 bits per heavy atom. The second-order valence-electron chi connectivity index (χ2n) is 13.3. The van der Waals surface area contributed by atoms with Crippen LogP contribution in [-0.2, 0) is 40.5 Å². The van der Waals surface area contributed by atoms with Gasteiger partial charge in [-0.2, -0.15) is 33.7 Å². The molecule has 0 fully saturated rings. The molecule has 29 heteroatoms. The summed E-state index contributed by atoms with van der Waals surface area (Å²) in [6.07, 6.45) is 14.2. The number of hydrogen-bond acceptors (Lipinski definition) is 16. The van der Waals surface area contributed by atoms with Gasteiger partial charge in [0.15, 0.2) is 9.95 Å². The van der Waals surface area contributed by atoms with Crippen molar-refractivity contribution in [2.24, 2.45) is 5.34 Å². The topological polar surface area (TPSA) is 400 Å². The maximum absolute atomic E-state index is 11.0. The molecule has 22 nitrogen and oxygen atoms in total. The molecule has 0 aromatic heterocycles. The smallest absolute Gasteiger partial charge is 0.444 e. The van der Waals surface area contributed by atoms with E-state index in [9.17, 15) is 33.7 Å². The number of unbranched alkanes of at least 4 members (excludes halogenated alkanes) is 6. The minimum Gasteiger partial charge on any atom is -0.444 e. The van der Waals surface area contributed by atoms with Gasteiger partial charge < -0.3 is 15.8 Å². The van der Waals surface area contributed by atoms with Crippen molar-refractivity contribution in [3.63, 3.8) is 0 Å². The molecule has 1 atom stereocenters. The fourth-order valence-corrected chi connectivity index (χ4v) is 6.97. The van der Waals surface area contributed by atoms with E-state index < -0.39 is 40.5 Å². The van der Waals surface area contributed by atoms with Crippen molar-refractivity contribution in [3.05, 3.63) is 123 Å². The number of nitrogens with two attached hydrogens (primary N) is 1. The quantitative estimate of drug-likeness (QED) is 0.0141. The summed E-state index contributed by atoms with van der Waals surface area (Å²) in [5.41, 5.74) is 7.36. The maximum atomic E-state index is 11.0. The van der Waals surface area contributed by atoms with Crippen LogP contribution in [0.2, 0.25) is 13.6 Å². The van der Waals surface area contributed by atoms with Crippen molar-refractivity contribution in [3.8, 4) is 0 Å². The van der Waals surface area contributed by atoms with Crippen molar-refractivity contribution in [1.29, 1.82) is 21.6 Å². The molecule has 0 heterocycles. The van der Waals surface area contributed by atoms with Gasteiger partial charge in [-0.1, -0.05) is 111 Å². The fourth-order valence-electron chi connectivity index (χ4n) is 5.05. The summed E-state index contributed by atoms with van der Waals surface area (Å²) in [6.45, 7) is 11.8. The third-order valence-corrected chi connectivity index (χ3v) is 11.8. The predicted molar refractivity (Wildman–Crippen MR) is 272 cm³/mol. The van der Waals surface area contributed by atoms with Crippen molar-refractivity contribution in [1.82, 2.24) is 0 Å². The van der Waals surface area contributed by atoms with Gasteiger partial charge in [-0.05, 0) is 85.0 Å². The van der Waals surface area contributed by atoms with E-state index in [2.05, 4.69) is 53.3 Å². The van der Waals surface area contributed by atoms with Crippen LogP contribution in [0.3, 0.4) is 0 Å². The SMILES string of the molecule is CCCCC(CCC)c1ccc(S(=O)(=O)O)cc1.CCCCCCCC.N#N.N#[N+]c1ccc(S(=O)(=O)O)cc1.N#[N+]c1ccc(S(=O)(=O)O)cc1.Nc1ccc(S(=O)(=O)O)cc1.O=N[O-].[B]C.[B]C.[H+].[Na+]. The molecule has 0 aliphatic rings. The zero-order valence-electron chi connectivity index (χ0n) is 42.0. The number of diazo groups is 2. The second-order valence-corrected chi connectivity index (χ2v) is 19.0. The van der Waals surface area contributed by atoms with Gasteiger partial charge in [-0.15, -0.1) is 5.34 Å². The van der Waals surface area contributed by atoms with Crippen molar-refractivity contribution in [2.45, 2.75) is 137 Å². The van der Waals surface area contributed by atoms with E-state index in [4.69, 9.17) is 55.6 Å². The van der Waals surface area contributed by atoms with Gasteiger partial charge in [0.2, 0.25) is 10.8 Å². The molecule has 71 heavy (non-hydrogen) atoms. The normalized spacial score (nSPS) is 10.2. The van der Waals surface area contributed by atoms with E-state index in [1.54, 1.807) is 0 Å². The Balaban J connectivity index is -0.000000142. The van der Waals surface area contributed by atoms with Gasteiger partial charge in [0.25, 0.3) is 40.5 Å². The molecule has 1 unspecified atom stereocenters. The molecule has 0 bridgehead atoms. The second kappa shape index (κ2) is 46.2. The molecule has 0 amide bonds. The van der Waals surface area contributed by atoms with E-state index in [-0.39, 0.29) is 61.9 Å². The van der Waals surface area contributed by atoms with Gasteiger partial charge >= 0.3 is 42.4 Å². The fraction of sp³-hybridized carbons (Fsp3) is 0.429. The summed E-state index contributed by atoms with van der Waals surface area (Å²) >= 11 is 0. The first-order valence-corrected chi connectivity index (χ1v) is 26.7. The zero-order valence-corrected chi connectivity index (χ0v) is 46.2. The third-order valence-electron chi connectivity index (χ3n) is 8.33. The Kier molecular flexibility index (Phi) is 50.5. The Bertz CT molecular complexity index is 2450. The monoisotopic (exact) mass is 1080 g/mol. The number of nitrogen functional groups attached to an aromatic ring is 1. The van der Waals surface area contributed by atoms with Crippen LogP contribution in [0.4, 0.5) is 17.1 Å². The molecule has 4 aromatic rings. The van der Waals surface area contributed by atoms with Crippen LogP contribution in [0.1, 0.15) is 111 Å². The Hall–Kier alpha value is -4.89. The van der Waals surface area contributed by atoms with Gasteiger partial charge in [0, 0.05) is 40.7 Å². The standard InChI is InChI=1S/C14H22O3S.C8H18.2C6H4N2O3S.C6H7NO3S.2CH3B.N2.HNO2.Na/c1-3-5-7-12(6-4-2)13-8-10-14(11-9-13)18(15,16)17;1-3-5-7-8-6-4-2;2*7-8-5-1-3-6(4-2-5)12(9,10)11;7-5-1-3-6(4-2-5)11(8,9)10;3*1-2;2-1-3;/h8-12H,3-7H2,1-2H3,(H,15,16,17);3-8H2,1-2H3;2*1-4H;1-4H,7H2,(H,8,9,10);2*1H3;;(H,2,3);/q;;;;;;;;;+1/p+2. The number of anilines is 1. The largest absolute Gasteiger partial charge is 1.00 e. The molecule has 6 N–H and O–H groups in total. The molecular weight excluding hydrogens is 1010 g/mol. The molecule has 4 radical (unpaired) electrons. The van der Waals surface area contributed by atoms with Crippen LogP contribution < -0.4 is 35.3 Å². The summed E-state index contributed by atoms with van der Waals surface area (Å²) < 4.78 is 119. The van der Waals surface area contributed by atoms with Crippen LogP contribution in [0.15, 0.2) is 122 Å². The zero-order chi connectivity index (χ0) is 55.4. The van der Waals surface area contributed by atoms with Gasteiger partial charge in [-0.3, -0.25) is 18.2 Å². The Labute approximate surface area is 445 Å². The number of hydrogen-bond donors (Lipinski definition) is 5. The third kappa shape index (κ3) is 41.4. The first-order valence-electron chi connectivity index (χ1n) is 21.0. The van der Waals surface area contributed by atoms with E-state index in [0.29, 0.717) is 11.6 Å². The van der Waals surface area contributed by atoms with Crippen LogP contribution in [0, 0.1) is 31.7 Å². The van der Waals surface area contributed by atoms with Gasteiger partial charge in [0.1, 0.15) is 0 Å². The molecule has 0 saturated heterocycles. The minimum absolute atomic E-state index is 0. The Morgan fingerprint density at radius 1 is 0.521 bits per heavy atom. The average molecular weight is 1080 g/mol. The summed E-state index contributed by atoms with van der Waals surface area (Å²) in [7, 11) is -7.45. The maximum Gasteiger partial charge on any atom is 1.00 e. The van der Waals surface area contributed by atoms with Crippen LogP contribution in [-0.4, -0.2) is 67.6 Å². The van der Waals surface area contributed by atoms with E-state index in [0.717, 1.165) is 54.4 Å². The summed E-state index contributed by atoms with van der Waals surface area (Å²) in [6, 6.07) is 21.5. The van der Waals surface area contributed by atoms with Gasteiger partial charge in [-0.25, -0.2) is 0 Å². The molecule has 4 rings (SSSR count). The molecule has 0 aliphatic carbocycles. The first-order chi connectivity index (χ1) is 32.9. The average Bonchev–Trinajstić information content (AvgIpc) is 3.34. The first kappa shape index (κ1) is 77.6. The molecule has 384 valence electrons. The molecule has 0 aliphatic heterocycles. The number of benzene rings is 4. The summed E-state index contributed by atoms with van der Waals surface area (Å²) in [5.74, 6) is 0.491. The van der Waals surface area contributed by atoms with Crippen LogP contribution in [0.25, 0.3) is 9.95 Å². The van der Waals surface area contributed by atoms with Crippen molar-refractivity contribution in [2.75, 3.05) is 5.73 Å². The molecule has 0 spiro atoms.